The maximum Gasteiger partial charge on any atom is 0.248 e. The van der Waals surface area contributed by atoms with Crippen molar-refractivity contribution in [2.75, 3.05) is 23.0 Å². The minimum atomic E-state index is -3.95. The Kier molecular flexibility index (Phi) is 6.84. The van der Waals surface area contributed by atoms with E-state index >= 15 is 0 Å². The van der Waals surface area contributed by atoms with Crippen LogP contribution in [0.2, 0.25) is 5.02 Å². The number of methoxy groups -OCH3 is 1. The number of carbonyl (C=O) groups excluding carboxylic acids is 1. The van der Waals surface area contributed by atoms with Gasteiger partial charge < -0.3 is 10.1 Å². The van der Waals surface area contributed by atoms with Crippen LogP contribution in [0.5, 0.6) is 5.75 Å². The molecule has 0 spiro atoms. The standard InChI is InChI=1S/C18H19ClF2N2O4S/c1-4-15(18(24)22-14-7-6-12(20)10-13(14)21)23(28(3,25)26)16-9-11(19)5-8-17(16)27-2/h5-10,15H,4H2,1-3H3,(H,22,24)/t15-/m0/s1. The van der Waals surface area contributed by atoms with Gasteiger partial charge in [0.05, 0.1) is 24.7 Å². The van der Waals surface area contributed by atoms with Gasteiger partial charge in [0, 0.05) is 11.1 Å². The summed E-state index contributed by atoms with van der Waals surface area (Å²) < 4.78 is 58.0. The van der Waals surface area contributed by atoms with Gasteiger partial charge >= 0.3 is 0 Å². The van der Waals surface area contributed by atoms with Crippen molar-refractivity contribution in [3.63, 3.8) is 0 Å². The largest absolute Gasteiger partial charge is 0.495 e. The normalized spacial score (nSPS) is 12.4. The summed E-state index contributed by atoms with van der Waals surface area (Å²) in [6.07, 6.45) is 0.999. The molecule has 0 aliphatic rings. The lowest BCUT2D eigenvalue weighted by atomic mass is 10.1. The Balaban J connectivity index is 2.49. The van der Waals surface area contributed by atoms with E-state index in [1.165, 1.54) is 25.3 Å². The number of hydrogen-bond donors (Lipinski definition) is 1. The second-order valence-corrected chi connectivity index (χ2v) is 8.21. The molecule has 0 aliphatic heterocycles. The lowest BCUT2D eigenvalue weighted by Crippen LogP contribution is -2.47. The number of nitrogens with zero attached hydrogens (tertiary/aromatic N) is 1. The van der Waals surface area contributed by atoms with E-state index < -0.39 is 33.6 Å². The van der Waals surface area contributed by atoms with Crippen LogP contribution in [0.3, 0.4) is 0 Å². The second kappa shape index (κ2) is 8.74. The van der Waals surface area contributed by atoms with E-state index in [0.717, 1.165) is 22.7 Å². The molecule has 152 valence electrons. The monoisotopic (exact) mass is 432 g/mol. The zero-order valence-electron chi connectivity index (χ0n) is 15.4. The van der Waals surface area contributed by atoms with Gasteiger partial charge in [0.1, 0.15) is 23.4 Å². The highest BCUT2D eigenvalue weighted by molar-refractivity contribution is 7.92. The van der Waals surface area contributed by atoms with Gasteiger partial charge in [-0.15, -0.1) is 0 Å². The molecule has 0 bridgehead atoms. The minimum Gasteiger partial charge on any atom is -0.495 e. The maximum absolute atomic E-state index is 13.9. The Labute approximate surface area is 167 Å². The Bertz CT molecular complexity index is 986. The fourth-order valence-corrected chi connectivity index (χ4v) is 4.05. The number of rotatable bonds is 7. The van der Waals surface area contributed by atoms with Gasteiger partial charge in [-0.3, -0.25) is 9.10 Å². The molecule has 1 amide bonds. The van der Waals surface area contributed by atoms with E-state index in [1.54, 1.807) is 6.92 Å². The molecule has 6 nitrogen and oxygen atoms in total. The van der Waals surface area contributed by atoms with Crippen molar-refractivity contribution >= 4 is 38.9 Å². The van der Waals surface area contributed by atoms with Crippen molar-refractivity contribution in [1.29, 1.82) is 0 Å². The van der Waals surface area contributed by atoms with Crippen molar-refractivity contribution in [3.05, 3.63) is 53.1 Å². The van der Waals surface area contributed by atoms with Crippen LogP contribution in [0.25, 0.3) is 0 Å². The van der Waals surface area contributed by atoms with Crippen LogP contribution >= 0.6 is 11.6 Å². The molecule has 0 aromatic heterocycles. The van der Waals surface area contributed by atoms with Crippen LogP contribution in [0.15, 0.2) is 36.4 Å². The molecule has 2 aromatic rings. The molecule has 0 aliphatic carbocycles. The molecular weight excluding hydrogens is 414 g/mol. The van der Waals surface area contributed by atoms with E-state index in [9.17, 15) is 22.0 Å². The number of ether oxygens (including phenoxy) is 1. The molecule has 0 unspecified atom stereocenters. The summed E-state index contributed by atoms with van der Waals surface area (Å²) in [5, 5.41) is 2.54. The number of nitrogens with one attached hydrogen (secondary N) is 1. The summed E-state index contributed by atoms with van der Waals surface area (Å²) in [6, 6.07) is 5.76. The van der Waals surface area contributed by atoms with Crippen LogP contribution in [-0.2, 0) is 14.8 Å². The first-order chi connectivity index (χ1) is 13.1. The van der Waals surface area contributed by atoms with Crippen molar-refractivity contribution < 1.29 is 26.7 Å². The van der Waals surface area contributed by atoms with Gasteiger partial charge in [0.15, 0.2) is 0 Å². The van der Waals surface area contributed by atoms with Gasteiger partial charge in [0.2, 0.25) is 15.9 Å². The van der Waals surface area contributed by atoms with E-state index in [0.29, 0.717) is 6.07 Å². The summed E-state index contributed by atoms with van der Waals surface area (Å²) in [6.45, 7) is 1.60. The van der Waals surface area contributed by atoms with E-state index in [2.05, 4.69) is 5.32 Å². The van der Waals surface area contributed by atoms with Crippen molar-refractivity contribution in [1.82, 2.24) is 0 Å². The number of benzene rings is 2. The summed E-state index contributed by atoms with van der Waals surface area (Å²) in [4.78, 5) is 12.8. The number of anilines is 2. The molecule has 28 heavy (non-hydrogen) atoms. The molecule has 2 aromatic carbocycles. The first-order valence-electron chi connectivity index (χ1n) is 8.17. The van der Waals surface area contributed by atoms with Crippen molar-refractivity contribution in [2.24, 2.45) is 0 Å². The number of amides is 1. The first kappa shape index (κ1) is 21.9. The highest BCUT2D eigenvalue weighted by Gasteiger charge is 2.34. The molecule has 0 radical (unpaired) electrons. The smallest absolute Gasteiger partial charge is 0.248 e. The zero-order valence-corrected chi connectivity index (χ0v) is 16.9. The van der Waals surface area contributed by atoms with Crippen LogP contribution in [0.4, 0.5) is 20.2 Å². The lowest BCUT2D eigenvalue weighted by molar-refractivity contribution is -0.117. The number of sulfonamides is 1. The molecule has 0 fully saturated rings. The third-order valence-electron chi connectivity index (χ3n) is 3.90. The molecule has 10 heteroatoms. The fourth-order valence-electron chi connectivity index (χ4n) is 2.68. The lowest BCUT2D eigenvalue weighted by Gasteiger charge is -2.31. The fraction of sp³-hybridized carbons (Fsp3) is 0.278. The predicted molar refractivity (Wildman–Crippen MR) is 104 cm³/mol. The highest BCUT2D eigenvalue weighted by atomic mass is 35.5. The average molecular weight is 433 g/mol. The van der Waals surface area contributed by atoms with Crippen LogP contribution in [0.1, 0.15) is 13.3 Å². The Morgan fingerprint density at radius 2 is 1.93 bits per heavy atom. The highest BCUT2D eigenvalue weighted by Crippen LogP contribution is 2.35. The predicted octanol–water partition coefficient (Wildman–Crippen LogP) is 3.81. The quantitative estimate of drug-likeness (QED) is 0.721. The number of halogens is 3. The maximum atomic E-state index is 13.9. The number of carbonyl (C=O) groups is 1. The van der Waals surface area contributed by atoms with Crippen LogP contribution in [0, 0.1) is 11.6 Å². The van der Waals surface area contributed by atoms with Crippen molar-refractivity contribution in [2.45, 2.75) is 19.4 Å². The van der Waals surface area contributed by atoms with E-state index in [-0.39, 0.29) is 28.6 Å². The Morgan fingerprint density at radius 3 is 2.46 bits per heavy atom. The van der Waals surface area contributed by atoms with Gasteiger partial charge in [-0.1, -0.05) is 18.5 Å². The van der Waals surface area contributed by atoms with Gasteiger partial charge in [0.25, 0.3) is 0 Å². The minimum absolute atomic E-state index is 0.0668. The SMILES string of the molecule is CC[C@@H](C(=O)Nc1ccc(F)cc1F)N(c1cc(Cl)ccc1OC)S(C)(=O)=O. The van der Waals surface area contributed by atoms with Crippen LogP contribution in [-0.4, -0.2) is 33.7 Å². The molecule has 0 saturated carbocycles. The summed E-state index contributed by atoms with van der Waals surface area (Å²) in [5.74, 6) is -2.38. The summed E-state index contributed by atoms with van der Waals surface area (Å²) in [5.41, 5.74) is -0.199. The first-order valence-corrected chi connectivity index (χ1v) is 10.4. The Morgan fingerprint density at radius 1 is 1.25 bits per heavy atom. The van der Waals surface area contributed by atoms with Gasteiger partial charge in [-0.2, -0.15) is 0 Å². The Hall–Kier alpha value is -2.39. The van der Waals surface area contributed by atoms with E-state index in [4.69, 9.17) is 16.3 Å². The molecule has 0 saturated heterocycles. The van der Waals surface area contributed by atoms with Gasteiger partial charge in [-0.05, 0) is 36.8 Å². The summed E-state index contributed by atoms with van der Waals surface area (Å²) in [7, 11) is -2.60. The molecule has 2 rings (SSSR count). The van der Waals surface area contributed by atoms with Crippen LogP contribution < -0.4 is 14.4 Å². The second-order valence-electron chi connectivity index (χ2n) is 5.91. The third kappa shape index (κ3) is 4.90. The molecular formula is C18H19ClF2N2O4S. The topological polar surface area (TPSA) is 75.7 Å². The molecule has 1 N–H and O–H groups in total. The zero-order chi connectivity index (χ0) is 21.1. The third-order valence-corrected chi connectivity index (χ3v) is 5.30. The molecule has 0 heterocycles. The number of hydrogen-bond acceptors (Lipinski definition) is 4. The van der Waals surface area contributed by atoms with Gasteiger partial charge in [-0.25, -0.2) is 17.2 Å². The summed E-state index contributed by atoms with van der Waals surface area (Å²) >= 11 is 6.00. The average Bonchev–Trinajstić information content (AvgIpc) is 2.60. The van der Waals surface area contributed by atoms with E-state index in [1.807, 2.05) is 0 Å². The van der Waals surface area contributed by atoms with Crippen molar-refractivity contribution in [3.8, 4) is 5.75 Å². The molecule has 1 atom stereocenters.